The average molecular weight is 332 g/mol. The van der Waals surface area contributed by atoms with Crippen LogP contribution in [0.25, 0.3) is 0 Å². The molecule has 128 valence electrons. The van der Waals surface area contributed by atoms with Gasteiger partial charge < -0.3 is 20.1 Å². The fourth-order valence-corrected chi connectivity index (χ4v) is 2.31. The largest absolute Gasteiger partial charge is 0.493 e. The number of hydrogen-bond acceptors (Lipinski definition) is 3. The number of benzene rings is 2. The van der Waals surface area contributed by atoms with E-state index >= 15 is 0 Å². The van der Waals surface area contributed by atoms with Gasteiger partial charge in [0.05, 0.1) is 14.2 Å². The van der Waals surface area contributed by atoms with Gasteiger partial charge in [-0.2, -0.15) is 0 Å². The summed E-state index contributed by atoms with van der Waals surface area (Å²) in [6, 6.07) is 11.4. The van der Waals surface area contributed by atoms with Crippen molar-refractivity contribution >= 4 is 6.03 Å². The van der Waals surface area contributed by atoms with E-state index in [0.717, 1.165) is 11.1 Å². The second kappa shape index (κ2) is 8.76. The molecule has 2 rings (SSSR count). The van der Waals surface area contributed by atoms with Crippen LogP contribution in [0.2, 0.25) is 0 Å². The lowest BCUT2D eigenvalue weighted by atomic mass is 10.1. The molecule has 2 aromatic carbocycles. The second-order valence-corrected chi connectivity index (χ2v) is 5.14. The van der Waals surface area contributed by atoms with Gasteiger partial charge in [0, 0.05) is 13.1 Å². The van der Waals surface area contributed by atoms with Gasteiger partial charge in [-0.3, -0.25) is 0 Å². The van der Waals surface area contributed by atoms with Crippen LogP contribution in [0.5, 0.6) is 11.5 Å². The molecule has 0 radical (unpaired) electrons. The average Bonchev–Trinajstić information content (AvgIpc) is 2.61. The Morgan fingerprint density at radius 3 is 2.46 bits per heavy atom. The van der Waals surface area contributed by atoms with Gasteiger partial charge in [0.15, 0.2) is 11.5 Å². The summed E-state index contributed by atoms with van der Waals surface area (Å²) < 4.78 is 23.4. The highest BCUT2D eigenvalue weighted by Gasteiger charge is 2.09. The Bertz CT molecular complexity index is 674. The van der Waals surface area contributed by atoms with Gasteiger partial charge in [0.1, 0.15) is 5.82 Å². The normalized spacial score (nSPS) is 10.1. The number of carbonyl (C=O) groups excluding carboxylic acids is 1. The molecular weight excluding hydrogens is 311 g/mol. The minimum Gasteiger partial charge on any atom is -0.493 e. The molecule has 0 aliphatic heterocycles. The smallest absolute Gasteiger partial charge is 0.315 e. The number of methoxy groups -OCH3 is 2. The van der Waals surface area contributed by atoms with E-state index in [1.807, 2.05) is 18.2 Å². The monoisotopic (exact) mass is 332 g/mol. The lowest BCUT2D eigenvalue weighted by Crippen LogP contribution is -2.36. The fraction of sp³-hybridized carbons (Fsp3) is 0.278. The van der Waals surface area contributed by atoms with Crippen LogP contribution in [0, 0.1) is 5.82 Å². The van der Waals surface area contributed by atoms with E-state index in [0.29, 0.717) is 31.0 Å². The number of ether oxygens (including phenoxy) is 2. The Kier molecular flexibility index (Phi) is 6.42. The van der Waals surface area contributed by atoms with E-state index < -0.39 is 0 Å². The van der Waals surface area contributed by atoms with Crippen LogP contribution < -0.4 is 20.1 Å². The molecule has 0 saturated heterocycles. The third-order valence-electron chi connectivity index (χ3n) is 3.53. The van der Waals surface area contributed by atoms with Crippen LogP contribution >= 0.6 is 0 Å². The summed E-state index contributed by atoms with van der Waals surface area (Å²) in [5.74, 6) is 1.04. The summed E-state index contributed by atoms with van der Waals surface area (Å²) in [7, 11) is 3.17. The molecule has 2 aromatic rings. The second-order valence-electron chi connectivity index (χ2n) is 5.14. The minimum absolute atomic E-state index is 0.277. The van der Waals surface area contributed by atoms with Gasteiger partial charge in [-0.1, -0.05) is 24.3 Å². The standard InChI is InChI=1S/C18H21FN2O3/c1-23-16-5-3-4-14(17(16)24-2)10-11-20-18(22)21-12-13-6-8-15(19)9-7-13/h3-9H,10-12H2,1-2H3,(H2,20,21,22). The van der Waals surface area contributed by atoms with Crippen molar-refractivity contribution in [3.8, 4) is 11.5 Å². The quantitative estimate of drug-likeness (QED) is 0.820. The van der Waals surface area contributed by atoms with Crippen LogP contribution in [0.3, 0.4) is 0 Å². The molecule has 0 bridgehead atoms. The number of carbonyl (C=O) groups is 1. The van der Waals surface area contributed by atoms with E-state index in [9.17, 15) is 9.18 Å². The number of halogens is 1. The molecule has 0 aromatic heterocycles. The predicted octanol–water partition coefficient (Wildman–Crippen LogP) is 2.88. The summed E-state index contributed by atoms with van der Waals surface area (Å²) in [6.45, 7) is 0.799. The Morgan fingerprint density at radius 2 is 1.79 bits per heavy atom. The van der Waals surface area contributed by atoms with E-state index in [4.69, 9.17) is 9.47 Å². The molecule has 0 atom stereocenters. The number of nitrogens with one attached hydrogen (secondary N) is 2. The van der Waals surface area contributed by atoms with Crippen molar-refractivity contribution in [3.63, 3.8) is 0 Å². The van der Waals surface area contributed by atoms with Crippen molar-refractivity contribution in [2.45, 2.75) is 13.0 Å². The first kappa shape index (κ1) is 17.6. The first-order chi connectivity index (χ1) is 11.6. The first-order valence-corrected chi connectivity index (χ1v) is 7.60. The molecule has 0 unspecified atom stereocenters. The number of para-hydroxylation sites is 1. The molecule has 0 aliphatic carbocycles. The summed E-state index contributed by atoms with van der Waals surface area (Å²) in [4.78, 5) is 11.8. The third-order valence-corrected chi connectivity index (χ3v) is 3.53. The van der Waals surface area contributed by atoms with Crippen LogP contribution in [0.4, 0.5) is 9.18 Å². The zero-order valence-electron chi connectivity index (χ0n) is 13.8. The lowest BCUT2D eigenvalue weighted by molar-refractivity contribution is 0.240. The molecule has 0 heterocycles. The fourth-order valence-electron chi connectivity index (χ4n) is 2.31. The zero-order chi connectivity index (χ0) is 17.4. The molecule has 24 heavy (non-hydrogen) atoms. The summed E-state index contributed by atoms with van der Waals surface area (Å²) in [6.07, 6.45) is 0.615. The SMILES string of the molecule is COc1cccc(CCNC(=O)NCc2ccc(F)cc2)c1OC. The van der Waals surface area contributed by atoms with Crippen molar-refractivity contribution in [1.82, 2.24) is 10.6 Å². The maximum absolute atomic E-state index is 12.8. The lowest BCUT2D eigenvalue weighted by Gasteiger charge is -2.13. The van der Waals surface area contributed by atoms with Gasteiger partial charge >= 0.3 is 6.03 Å². The van der Waals surface area contributed by atoms with Crippen LogP contribution in [0.15, 0.2) is 42.5 Å². The molecule has 5 nitrogen and oxygen atoms in total. The van der Waals surface area contributed by atoms with Crippen LogP contribution in [-0.4, -0.2) is 26.8 Å². The van der Waals surface area contributed by atoms with E-state index in [1.54, 1.807) is 26.4 Å². The summed E-state index contributed by atoms with van der Waals surface area (Å²) in [5.41, 5.74) is 1.79. The number of urea groups is 1. The summed E-state index contributed by atoms with van der Waals surface area (Å²) in [5, 5.41) is 5.51. The van der Waals surface area contributed by atoms with Crippen molar-refractivity contribution in [1.29, 1.82) is 0 Å². The third kappa shape index (κ3) is 4.87. The van der Waals surface area contributed by atoms with E-state index in [2.05, 4.69) is 10.6 Å². The van der Waals surface area contributed by atoms with Gasteiger partial charge in [0.2, 0.25) is 0 Å². The Morgan fingerprint density at radius 1 is 1.04 bits per heavy atom. The number of amides is 2. The summed E-state index contributed by atoms with van der Waals surface area (Å²) >= 11 is 0. The maximum atomic E-state index is 12.8. The molecule has 0 fully saturated rings. The Balaban J connectivity index is 1.79. The van der Waals surface area contributed by atoms with Crippen molar-refractivity contribution in [2.24, 2.45) is 0 Å². The molecule has 2 amide bonds. The van der Waals surface area contributed by atoms with Crippen LogP contribution in [-0.2, 0) is 13.0 Å². The van der Waals surface area contributed by atoms with E-state index in [1.165, 1.54) is 12.1 Å². The molecule has 0 spiro atoms. The van der Waals surface area contributed by atoms with Crippen LogP contribution in [0.1, 0.15) is 11.1 Å². The minimum atomic E-state index is -0.296. The zero-order valence-corrected chi connectivity index (χ0v) is 13.8. The molecule has 0 aliphatic rings. The Hall–Kier alpha value is -2.76. The van der Waals surface area contributed by atoms with E-state index in [-0.39, 0.29) is 11.8 Å². The topological polar surface area (TPSA) is 59.6 Å². The van der Waals surface area contributed by atoms with Crippen molar-refractivity contribution in [3.05, 3.63) is 59.4 Å². The van der Waals surface area contributed by atoms with Gasteiger partial charge in [0.25, 0.3) is 0 Å². The highest BCUT2D eigenvalue weighted by atomic mass is 19.1. The number of rotatable bonds is 7. The number of hydrogen-bond donors (Lipinski definition) is 2. The van der Waals surface area contributed by atoms with Gasteiger partial charge in [-0.15, -0.1) is 0 Å². The Labute approximate surface area is 140 Å². The predicted molar refractivity (Wildman–Crippen MR) is 89.9 cm³/mol. The first-order valence-electron chi connectivity index (χ1n) is 7.60. The molecule has 6 heteroatoms. The van der Waals surface area contributed by atoms with Gasteiger partial charge in [-0.05, 0) is 35.7 Å². The van der Waals surface area contributed by atoms with Crippen molar-refractivity contribution in [2.75, 3.05) is 20.8 Å². The molecule has 2 N–H and O–H groups in total. The highest BCUT2D eigenvalue weighted by molar-refractivity contribution is 5.73. The highest BCUT2D eigenvalue weighted by Crippen LogP contribution is 2.30. The maximum Gasteiger partial charge on any atom is 0.315 e. The van der Waals surface area contributed by atoms with Crippen molar-refractivity contribution < 1.29 is 18.7 Å². The molecular formula is C18H21FN2O3. The van der Waals surface area contributed by atoms with Gasteiger partial charge in [-0.25, -0.2) is 9.18 Å². The molecule has 0 saturated carbocycles.